The maximum absolute atomic E-state index is 12.1. The van der Waals surface area contributed by atoms with Crippen molar-refractivity contribution in [2.75, 3.05) is 0 Å². The van der Waals surface area contributed by atoms with Crippen LogP contribution >= 0.6 is 11.3 Å². The van der Waals surface area contributed by atoms with Crippen LogP contribution < -0.4 is 10.9 Å². The SMILES string of the molecule is Cc1ccsc1C(=O)NNC(=O)c1nn(-c2ccccc2)cc1O. The van der Waals surface area contributed by atoms with E-state index in [4.69, 9.17) is 0 Å². The smallest absolute Gasteiger partial charge is 0.294 e. The van der Waals surface area contributed by atoms with E-state index >= 15 is 0 Å². The minimum Gasteiger partial charge on any atom is -0.504 e. The second-order valence-electron chi connectivity index (χ2n) is 4.98. The Labute approximate surface area is 141 Å². The van der Waals surface area contributed by atoms with E-state index in [1.165, 1.54) is 22.2 Å². The minimum atomic E-state index is -0.704. The lowest BCUT2D eigenvalue weighted by molar-refractivity contribution is 0.0844. The van der Waals surface area contributed by atoms with E-state index < -0.39 is 11.8 Å². The molecular formula is C16H14N4O3S. The Morgan fingerprint density at radius 3 is 2.50 bits per heavy atom. The highest BCUT2D eigenvalue weighted by atomic mass is 32.1. The lowest BCUT2D eigenvalue weighted by Gasteiger charge is -2.05. The number of carbonyl (C=O) groups excluding carboxylic acids is 2. The maximum Gasteiger partial charge on any atom is 0.294 e. The van der Waals surface area contributed by atoms with Crippen LogP contribution in [0.5, 0.6) is 5.75 Å². The highest BCUT2D eigenvalue weighted by Crippen LogP contribution is 2.18. The van der Waals surface area contributed by atoms with Gasteiger partial charge in [-0.2, -0.15) is 5.10 Å². The van der Waals surface area contributed by atoms with Crippen LogP contribution in [0.15, 0.2) is 48.0 Å². The Morgan fingerprint density at radius 1 is 1.12 bits per heavy atom. The molecule has 0 aliphatic carbocycles. The predicted octanol–water partition coefficient (Wildman–Crippen LogP) is 2.02. The van der Waals surface area contributed by atoms with Gasteiger partial charge in [0, 0.05) is 0 Å². The topological polar surface area (TPSA) is 96.3 Å². The van der Waals surface area contributed by atoms with Crippen molar-refractivity contribution < 1.29 is 14.7 Å². The highest BCUT2D eigenvalue weighted by Gasteiger charge is 2.18. The Balaban J connectivity index is 1.71. The average Bonchev–Trinajstić information content (AvgIpc) is 3.19. The number of hydrogen-bond donors (Lipinski definition) is 3. The third-order valence-electron chi connectivity index (χ3n) is 3.29. The summed E-state index contributed by atoms with van der Waals surface area (Å²) in [6.07, 6.45) is 1.33. The summed E-state index contributed by atoms with van der Waals surface area (Å²) < 4.78 is 1.38. The molecule has 0 atom stereocenters. The van der Waals surface area contributed by atoms with Crippen molar-refractivity contribution in [3.8, 4) is 11.4 Å². The molecule has 8 heteroatoms. The largest absolute Gasteiger partial charge is 0.504 e. The number of aryl methyl sites for hydroxylation is 1. The van der Waals surface area contributed by atoms with Crippen molar-refractivity contribution >= 4 is 23.2 Å². The number of aromatic hydroxyl groups is 1. The van der Waals surface area contributed by atoms with E-state index in [1.54, 1.807) is 24.4 Å². The predicted molar refractivity (Wildman–Crippen MR) is 89.2 cm³/mol. The summed E-state index contributed by atoms with van der Waals surface area (Å²) in [5.74, 6) is -1.40. The second kappa shape index (κ2) is 6.55. The number of thiophene rings is 1. The number of hydrogen-bond acceptors (Lipinski definition) is 5. The number of amides is 2. The van der Waals surface area contributed by atoms with Gasteiger partial charge in [-0.15, -0.1) is 11.3 Å². The van der Waals surface area contributed by atoms with E-state index in [1.807, 2.05) is 24.3 Å². The molecule has 0 spiro atoms. The molecule has 3 rings (SSSR count). The van der Waals surface area contributed by atoms with E-state index in [0.29, 0.717) is 10.6 Å². The van der Waals surface area contributed by atoms with Gasteiger partial charge in [0.15, 0.2) is 11.4 Å². The van der Waals surface area contributed by atoms with Gasteiger partial charge in [-0.1, -0.05) is 18.2 Å². The van der Waals surface area contributed by atoms with Crippen molar-refractivity contribution in [3.05, 3.63) is 64.1 Å². The fourth-order valence-electron chi connectivity index (χ4n) is 2.07. The lowest BCUT2D eigenvalue weighted by atomic mass is 10.3. The quantitative estimate of drug-likeness (QED) is 0.635. The molecule has 2 aromatic heterocycles. The summed E-state index contributed by atoms with van der Waals surface area (Å²) in [5.41, 5.74) is 5.91. The van der Waals surface area contributed by atoms with Crippen molar-refractivity contribution in [2.24, 2.45) is 0 Å². The third kappa shape index (κ3) is 3.13. The molecule has 0 bridgehead atoms. The van der Waals surface area contributed by atoms with E-state index in [9.17, 15) is 14.7 Å². The number of nitrogens with zero attached hydrogens (tertiary/aromatic N) is 2. The first-order chi connectivity index (χ1) is 11.6. The molecule has 0 saturated carbocycles. The molecule has 0 unspecified atom stereocenters. The molecule has 0 radical (unpaired) electrons. The Morgan fingerprint density at radius 2 is 1.83 bits per heavy atom. The van der Waals surface area contributed by atoms with Crippen molar-refractivity contribution in [1.29, 1.82) is 0 Å². The lowest BCUT2D eigenvalue weighted by Crippen LogP contribution is -2.41. The van der Waals surface area contributed by atoms with Crippen LogP contribution in [0.4, 0.5) is 0 Å². The van der Waals surface area contributed by atoms with Crippen molar-refractivity contribution in [3.63, 3.8) is 0 Å². The van der Waals surface area contributed by atoms with Gasteiger partial charge in [-0.3, -0.25) is 20.4 Å². The van der Waals surface area contributed by atoms with Gasteiger partial charge in [0.05, 0.1) is 16.8 Å². The summed E-state index contributed by atoms with van der Waals surface area (Å²) in [6.45, 7) is 1.81. The Bertz CT molecular complexity index is 886. The van der Waals surface area contributed by atoms with Crippen LogP contribution in [0.1, 0.15) is 25.7 Å². The zero-order valence-electron chi connectivity index (χ0n) is 12.7. The number of benzene rings is 1. The summed E-state index contributed by atoms with van der Waals surface area (Å²) >= 11 is 1.28. The average molecular weight is 342 g/mol. The van der Waals surface area contributed by atoms with Crippen LogP contribution in [0.3, 0.4) is 0 Å². The molecule has 0 saturated heterocycles. The van der Waals surface area contributed by atoms with E-state index in [0.717, 1.165) is 5.56 Å². The number of nitrogens with one attached hydrogen (secondary N) is 2. The fourth-order valence-corrected chi connectivity index (χ4v) is 2.89. The second-order valence-corrected chi connectivity index (χ2v) is 5.90. The molecule has 3 aromatic rings. The van der Waals surface area contributed by atoms with Gasteiger partial charge in [0.2, 0.25) is 0 Å². The first-order valence-corrected chi connectivity index (χ1v) is 7.93. The molecule has 1 aromatic carbocycles. The van der Waals surface area contributed by atoms with Gasteiger partial charge in [0.25, 0.3) is 11.8 Å². The minimum absolute atomic E-state index is 0.179. The molecule has 2 amide bonds. The van der Waals surface area contributed by atoms with Crippen molar-refractivity contribution in [1.82, 2.24) is 20.6 Å². The van der Waals surface area contributed by atoms with Crippen LogP contribution in [0.25, 0.3) is 5.69 Å². The number of aromatic nitrogens is 2. The normalized spacial score (nSPS) is 10.4. The summed E-state index contributed by atoms with van der Waals surface area (Å²) in [7, 11) is 0. The van der Waals surface area contributed by atoms with Crippen LogP contribution in [-0.4, -0.2) is 26.7 Å². The van der Waals surface area contributed by atoms with Gasteiger partial charge in [-0.05, 0) is 36.1 Å². The summed E-state index contributed by atoms with van der Waals surface area (Å²) in [6, 6.07) is 10.9. The molecule has 0 aliphatic heterocycles. The monoisotopic (exact) mass is 342 g/mol. The first kappa shape index (κ1) is 15.8. The fraction of sp³-hybridized carbons (Fsp3) is 0.0625. The number of hydrazine groups is 1. The summed E-state index contributed by atoms with van der Waals surface area (Å²) in [5, 5.41) is 15.7. The Hall–Kier alpha value is -3.13. The third-order valence-corrected chi connectivity index (χ3v) is 4.30. The van der Waals surface area contributed by atoms with Gasteiger partial charge < -0.3 is 5.11 Å². The molecule has 3 N–H and O–H groups in total. The van der Waals surface area contributed by atoms with Crippen molar-refractivity contribution in [2.45, 2.75) is 6.92 Å². The van der Waals surface area contributed by atoms with Gasteiger partial charge in [-0.25, -0.2) is 4.68 Å². The number of carbonyl (C=O) groups is 2. The molecule has 122 valence electrons. The maximum atomic E-state index is 12.1. The molecular weight excluding hydrogens is 328 g/mol. The van der Waals surface area contributed by atoms with E-state index in [2.05, 4.69) is 16.0 Å². The summed E-state index contributed by atoms with van der Waals surface area (Å²) in [4.78, 5) is 24.6. The number of rotatable bonds is 3. The first-order valence-electron chi connectivity index (χ1n) is 7.05. The van der Waals surface area contributed by atoms with Crippen LogP contribution in [0.2, 0.25) is 0 Å². The van der Waals surface area contributed by atoms with E-state index in [-0.39, 0.29) is 11.4 Å². The molecule has 0 aliphatic rings. The van der Waals surface area contributed by atoms with Gasteiger partial charge >= 0.3 is 0 Å². The van der Waals surface area contributed by atoms with Gasteiger partial charge in [0.1, 0.15) is 0 Å². The Kier molecular flexibility index (Phi) is 4.30. The molecule has 0 fully saturated rings. The van der Waals surface area contributed by atoms with Crippen LogP contribution in [-0.2, 0) is 0 Å². The zero-order chi connectivity index (χ0) is 17.1. The zero-order valence-corrected chi connectivity index (χ0v) is 13.5. The molecule has 7 nitrogen and oxygen atoms in total. The standard InChI is InChI=1S/C16H14N4O3S/c1-10-7-8-24-14(10)16(23)18-17-15(22)13-12(21)9-20(19-13)11-5-3-2-4-6-11/h2-9,21H,1H3,(H,17,22)(H,18,23). The molecule has 2 heterocycles. The highest BCUT2D eigenvalue weighted by molar-refractivity contribution is 7.12. The molecule has 24 heavy (non-hydrogen) atoms. The van der Waals surface area contributed by atoms with Crippen LogP contribution in [0, 0.1) is 6.92 Å². The number of para-hydroxylation sites is 1.